The van der Waals surface area contributed by atoms with Gasteiger partial charge in [-0.2, -0.15) is 0 Å². The second-order valence-corrected chi connectivity index (χ2v) is 11.9. The SMILES string of the molecule is Cc1cccc(N2C[C@H](C(=O)Oc3ccc(N4C(=O)[C@@H]5C6c7ccccc7C(c7ccccc76)[C@@H]5C4=O)cc3)CC2=O)c1. The highest BCUT2D eigenvalue weighted by atomic mass is 16.5. The van der Waals surface area contributed by atoms with E-state index in [1.807, 2.05) is 55.5 Å². The van der Waals surface area contributed by atoms with Gasteiger partial charge in [0.15, 0.2) is 0 Å². The predicted octanol–water partition coefficient (Wildman–Crippen LogP) is 5.35. The number of rotatable bonds is 4. The van der Waals surface area contributed by atoms with Gasteiger partial charge in [0.05, 0.1) is 23.4 Å². The minimum absolute atomic E-state index is 0.0809. The third-order valence-electron chi connectivity index (χ3n) is 9.53. The minimum Gasteiger partial charge on any atom is -0.426 e. The van der Waals surface area contributed by atoms with E-state index in [4.69, 9.17) is 4.74 Å². The van der Waals surface area contributed by atoms with Gasteiger partial charge in [0, 0.05) is 30.5 Å². The van der Waals surface area contributed by atoms with Crippen LogP contribution in [0.5, 0.6) is 5.75 Å². The van der Waals surface area contributed by atoms with E-state index >= 15 is 0 Å². The normalized spacial score (nSPS) is 25.0. The third-order valence-corrected chi connectivity index (χ3v) is 9.53. The van der Waals surface area contributed by atoms with Crippen molar-refractivity contribution in [1.29, 1.82) is 0 Å². The number of carbonyl (C=O) groups excluding carboxylic acids is 4. The maximum absolute atomic E-state index is 14.0. The molecule has 5 aliphatic rings. The number of nitrogens with zero attached hydrogens (tertiary/aromatic N) is 2. The standard InChI is InChI=1S/C36H28N2O5/c1-20-7-6-8-23(17-20)37-19-21(18-29(37)39)36(42)43-24-15-13-22(14-16-24)38-34(40)32-30-25-9-2-3-10-26(25)31(33(32)35(38)41)28-12-5-4-11-27(28)30/h2-17,21,30-33H,18-19H2,1H3/t21-,30?,31?,32-,33+/m1/s1. The van der Waals surface area contributed by atoms with E-state index in [1.165, 1.54) is 4.90 Å². The Hall–Kier alpha value is -5.04. The first kappa shape index (κ1) is 25.7. The molecule has 0 N–H and O–H groups in total. The molecule has 4 aromatic rings. The third kappa shape index (κ3) is 3.80. The molecule has 7 nitrogen and oxygen atoms in total. The van der Waals surface area contributed by atoms with Gasteiger partial charge in [0.25, 0.3) is 0 Å². The van der Waals surface area contributed by atoms with Gasteiger partial charge in [0.2, 0.25) is 17.7 Å². The molecule has 0 aromatic heterocycles. The molecular weight excluding hydrogens is 540 g/mol. The Morgan fingerprint density at radius 1 is 0.698 bits per heavy atom. The molecule has 3 amide bonds. The number of carbonyl (C=O) groups is 4. The van der Waals surface area contributed by atoms with Crippen molar-refractivity contribution in [3.8, 4) is 5.75 Å². The summed E-state index contributed by atoms with van der Waals surface area (Å²) in [6, 6.07) is 30.5. The van der Waals surface area contributed by atoms with Gasteiger partial charge in [-0.1, -0.05) is 60.7 Å². The van der Waals surface area contributed by atoms with Crippen LogP contribution in [0.15, 0.2) is 97.1 Å². The highest BCUT2D eigenvalue weighted by Crippen LogP contribution is 2.61. The van der Waals surface area contributed by atoms with Crippen LogP contribution in [0.25, 0.3) is 0 Å². The highest BCUT2D eigenvalue weighted by Gasteiger charge is 2.61. The lowest BCUT2D eigenvalue weighted by Crippen LogP contribution is -2.41. The Kier molecular flexibility index (Phi) is 5.66. The molecule has 2 heterocycles. The molecule has 3 atom stereocenters. The first-order valence-electron chi connectivity index (χ1n) is 14.6. The van der Waals surface area contributed by atoms with E-state index < -0.39 is 23.7 Å². The van der Waals surface area contributed by atoms with Crippen LogP contribution in [0.4, 0.5) is 11.4 Å². The predicted molar refractivity (Wildman–Crippen MR) is 160 cm³/mol. The summed E-state index contributed by atoms with van der Waals surface area (Å²) in [5, 5.41) is 0. The Morgan fingerprint density at radius 3 is 1.79 bits per heavy atom. The smallest absolute Gasteiger partial charge is 0.316 e. The Balaban J connectivity index is 1.02. The summed E-state index contributed by atoms with van der Waals surface area (Å²) in [4.78, 5) is 56.5. The number of benzene rings is 4. The summed E-state index contributed by atoms with van der Waals surface area (Å²) >= 11 is 0. The van der Waals surface area contributed by atoms with Crippen molar-refractivity contribution in [3.05, 3.63) is 125 Å². The van der Waals surface area contributed by atoms with Crippen molar-refractivity contribution >= 4 is 35.1 Å². The van der Waals surface area contributed by atoms with E-state index in [9.17, 15) is 19.2 Å². The molecule has 0 radical (unpaired) electrons. The number of aryl methyl sites for hydroxylation is 1. The number of anilines is 2. The van der Waals surface area contributed by atoms with Crippen molar-refractivity contribution in [2.24, 2.45) is 17.8 Å². The first-order valence-corrected chi connectivity index (χ1v) is 14.6. The van der Waals surface area contributed by atoms with Crippen LogP contribution in [0, 0.1) is 24.7 Å². The summed E-state index contributed by atoms with van der Waals surface area (Å²) in [5.74, 6) is -2.54. The quantitative estimate of drug-likeness (QED) is 0.188. The molecule has 2 aliphatic heterocycles. The monoisotopic (exact) mass is 568 g/mol. The molecule has 212 valence electrons. The lowest BCUT2D eigenvalue weighted by molar-refractivity contribution is -0.139. The highest BCUT2D eigenvalue weighted by molar-refractivity contribution is 6.23. The number of ether oxygens (including phenoxy) is 1. The van der Waals surface area contributed by atoms with Crippen molar-refractivity contribution < 1.29 is 23.9 Å². The van der Waals surface area contributed by atoms with Crippen LogP contribution in [0.1, 0.15) is 46.1 Å². The summed E-state index contributed by atoms with van der Waals surface area (Å²) in [6.45, 7) is 2.21. The summed E-state index contributed by atoms with van der Waals surface area (Å²) in [5.41, 5.74) is 6.77. The second kappa shape index (κ2) is 9.49. The van der Waals surface area contributed by atoms with Gasteiger partial charge >= 0.3 is 5.97 Å². The number of hydrogen-bond donors (Lipinski definition) is 0. The molecule has 0 spiro atoms. The maximum Gasteiger partial charge on any atom is 0.316 e. The number of esters is 1. The summed E-state index contributed by atoms with van der Waals surface area (Å²) < 4.78 is 5.64. The Morgan fingerprint density at radius 2 is 1.26 bits per heavy atom. The summed E-state index contributed by atoms with van der Waals surface area (Å²) in [6.07, 6.45) is 0.0809. The largest absolute Gasteiger partial charge is 0.426 e. The molecule has 43 heavy (non-hydrogen) atoms. The fourth-order valence-electron chi connectivity index (χ4n) is 7.71. The van der Waals surface area contributed by atoms with Crippen LogP contribution in [-0.2, 0) is 19.2 Å². The van der Waals surface area contributed by atoms with Gasteiger partial charge < -0.3 is 9.64 Å². The fraction of sp³-hybridized carbons (Fsp3) is 0.222. The van der Waals surface area contributed by atoms with Crippen molar-refractivity contribution in [2.75, 3.05) is 16.3 Å². The Labute approximate surface area is 248 Å². The molecule has 0 saturated carbocycles. The lowest BCUT2D eigenvalue weighted by atomic mass is 9.55. The number of imide groups is 1. The molecular formula is C36H28N2O5. The second-order valence-electron chi connectivity index (χ2n) is 11.9. The van der Waals surface area contributed by atoms with Crippen molar-refractivity contribution in [3.63, 3.8) is 0 Å². The number of hydrogen-bond acceptors (Lipinski definition) is 5. The average Bonchev–Trinajstić information content (AvgIpc) is 3.54. The van der Waals surface area contributed by atoms with Crippen LogP contribution < -0.4 is 14.5 Å². The maximum atomic E-state index is 14.0. The van der Waals surface area contributed by atoms with Gasteiger partial charge in [-0.05, 0) is 71.1 Å². The topological polar surface area (TPSA) is 84.0 Å². The van der Waals surface area contributed by atoms with E-state index in [0.29, 0.717) is 11.4 Å². The van der Waals surface area contributed by atoms with E-state index in [-0.39, 0.29) is 42.5 Å². The molecule has 2 saturated heterocycles. The van der Waals surface area contributed by atoms with Gasteiger partial charge in [-0.15, -0.1) is 0 Å². The zero-order valence-corrected chi connectivity index (χ0v) is 23.5. The fourth-order valence-corrected chi connectivity index (χ4v) is 7.71. The summed E-state index contributed by atoms with van der Waals surface area (Å²) in [7, 11) is 0. The number of amides is 3. The van der Waals surface area contributed by atoms with Crippen LogP contribution >= 0.6 is 0 Å². The van der Waals surface area contributed by atoms with Gasteiger partial charge in [-0.3, -0.25) is 19.2 Å². The van der Waals surface area contributed by atoms with Crippen LogP contribution in [0.3, 0.4) is 0 Å². The molecule has 2 bridgehead atoms. The molecule has 4 aromatic carbocycles. The van der Waals surface area contributed by atoms with Crippen LogP contribution in [-0.4, -0.2) is 30.2 Å². The molecule has 9 rings (SSSR count). The minimum atomic E-state index is -0.587. The Bertz CT molecular complexity index is 1730. The zero-order chi connectivity index (χ0) is 29.4. The molecule has 2 fully saturated rings. The molecule has 3 aliphatic carbocycles. The van der Waals surface area contributed by atoms with E-state index in [0.717, 1.165) is 33.5 Å². The van der Waals surface area contributed by atoms with E-state index in [2.05, 4.69) is 24.3 Å². The van der Waals surface area contributed by atoms with E-state index in [1.54, 1.807) is 29.2 Å². The first-order chi connectivity index (χ1) is 20.9. The lowest BCUT2D eigenvalue weighted by Gasteiger charge is -2.45. The van der Waals surface area contributed by atoms with Gasteiger partial charge in [0.1, 0.15) is 5.75 Å². The molecule has 0 unspecified atom stereocenters. The zero-order valence-electron chi connectivity index (χ0n) is 23.5. The molecule has 7 heteroatoms. The van der Waals surface area contributed by atoms with Gasteiger partial charge in [-0.25, -0.2) is 4.90 Å². The van der Waals surface area contributed by atoms with Crippen LogP contribution in [0.2, 0.25) is 0 Å². The van der Waals surface area contributed by atoms with Crippen molar-refractivity contribution in [1.82, 2.24) is 0 Å². The van der Waals surface area contributed by atoms with Crippen molar-refractivity contribution in [2.45, 2.75) is 25.2 Å². The average molecular weight is 569 g/mol.